The first-order valence-corrected chi connectivity index (χ1v) is 4.50. The van der Waals surface area contributed by atoms with E-state index in [1.165, 1.54) is 0 Å². The number of nitrogen functional groups attached to an aromatic ring is 1. The van der Waals surface area contributed by atoms with Gasteiger partial charge in [0, 0.05) is 24.5 Å². The SMILES string of the molecule is CNCCN(C=O)c1ccc(N)cc1. The summed E-state index contributed by atoms with van der Waals surface area (Å²) in [6, 6.07) is 7.23. The summed E-state index contributed by atoms with van der Waals surface area (Å²) in [6.45, 7) is 1.42. The quantitative estimate of drug-likeness (QED) is 0.527. The van der Waals surface area contributed by atoms with Gasteiger partial charge in [-0.15, -0.1) is 0 Å². The lowest BCUT2D eigenvalue weighted by Crippen LogP contribution is -2.29. The summed E-state index contributed by atoms with van der Waals surface area (Å²) < 4.78 is 0. The highest BCUT2D eigenvalue weighted by atomic mass is 16.1. The molecule has 1 aromatic rings. The summed E-state index contributed by atoms with van der Waals surface area (Å²) >= 11 is 0. The highest BCUT2D eigenvalue weighted by molar-refractivity contribution is 5.75. The van der Waals surface area contributed by atoms with E-state index in [0.717, 1.165) is 18.6 Å². The number of amides is 1. The molecule has 0 aliphatic heterocycles. The zero-order chi connectivity index (χ0) is 10.4. The lowest BCUT2D eigenvalue weighted by molar-refractivity contribution is -0.107. The first-order chi connectivity index (χ1) is 6.77. The van der Waals surface area contributed by atoms with Gasteiger partial charge in [-0.1, -0.05) is 0 Å². The van der Waals surface area contributed by atoms with Crippen molar-refractivity contribution in [1.82, 2.24) is 5.32 Å². The zero-order valence-corrected chi connectivity index (χ0v) is 8.23. The highest BCUT2D eigenvalue weighted by Crippen LogP contribution is 2.14. The van der Waals surface area contributed by atoms with Crippen molar-refractivity contribution in [1.29, 1.82) is 0 Å². The van der Waals surface area contributed by atoms with Crippen molar-refractivity contribution in [3.05, 3.63) is 24.3 Å². The van der Waals surface area contributed by atoms with Crippen LogP contribution in [0.4, 0.5) is 11.4 Å². The second-order valence-electron chi connectivity index (χ2n) is 2.99. The van der Waals surface area contributed by atoms with E-state index in [1.54, 1.807) is 17.0 Å². The fraction of sp³-hybridized carbons (Fsp3) is 0.300. The first-order valence-electron chi connectivity index (χ1n) is 4.50. The summed E-state index contributed by atoms with van der Waals surface area (Å²) in [6.07, 6.45) is 0.822. The molecule has 0 radical (unpaired) electrons. The van der Waals surface area contributed by atoms with Crippen molar-refractivity contribution in [3.63, 3.8) is 0 Å². The Bertz CT molecular complexity index is 284. The predicted octanol–water partition coefficient (Wildman–Crippen LogP) is 0.451. The van der Waals surface area contributed by atoms with E-state index >= 15 is 0 Å². The fourth-order valence-corrected chi connectivity index (χ4v) is 1.14. The van der Waals surface area contributed by atoms with Crippen LogP contribution in [0.3, 0.4) is 0 Å². The molecule has 0 aliphatic carbocycles. The highest BCUT2D eigenvalue weighted by Gasteiger charge is 2.02. The van der Waals surface area contributed by atoms with E-state index in [-0.39, 0.29) is 0 Å². The van der Waals surface area contributed by atoms with Crippen LogP contribution in [0.2, 0.25) is 0 Å². The number of hydrogen-bond acceptors (Lipinski definition) is 3. The minimum Gasteiger partial charge on any atom is -0.399 e. The maximum Gasteiger partial charge on any atom is 0.214 e. The van der Waals surface area contributed by atoms with Crippen LogP contribution in [0.5, 0.6) is 0 Å². The molecule has 0 fully saturated rings. The number of rotatable bonds is 5. The number of nitrogens with one attached hydrogen (secondary N) is 1. The molecule has 1 amide bonds. The van der Waals surface area contributed by atoms with Crippen LogP contribution in [0, 0.1) is 0 Å². The monoisotopic (exact) mass is 193 g/mol. The topological polar surface area (TPSA) is 58.4 Å². The second-order valence-corrected chi connectivity index (χ2v) is 2.99. The maximum atomic E-state index is 10.8. The molecule has 0 spiro atoms. The summed E-state index contributed by atoms with van der Waals surface area (Å²) in [7, 11) is 1.85. The Balaban J connectivity index is 2.68. The molecule has 0 aromatic heterocycles. The Morgan fingerprint density at radius 1 is 1.43 bits per heavy atom. The van der Waals surface area contributed by atoms with Gasteiger partial charge in [-0.3, -0.25) is 4.79 Å². The molecule has 0 saturated heterocycles. The number of anilines is 2. The van der Waals surface area contributed by atoms with Gasteiger partial charge >= 0.3 is 0 Å². The Labute approximate surface area is 83.7 Å². The van der Waals surface area contributed by atoms with Gasteiger partial charge in [-0.2, -0.15) is 0 Å². The van der Waals surface area contributed by atoms with Gasteiger partial charge in [-0.05, 0) is 31.3 Å². The summed E-state index contributed by atoms with van der Waals surface area (Å²) in [4.78, 5) is 12.4. The third-order valence-electron chi connectivity index (χ3n) is 1.95. The molecular formula is C10H15N3O. The van der Waals surface area contributed by atoms with Crippen molar-refractivity contribution in [2.24, 2.45) is 0 Å². The normalized spacial score (nSPS) is 9.79. The molecule has 1 aromatic carbocycles. The largest absolute Gasteiger partial charge is 0.399 e. The number of nitrogens with zero attached hydrogens (tertiary/aromatic N) is 1. The molecular weight excluding hydrogens is 178 g/mol. The van der Waals surface area contributed by atoms with E-state index in [2.05, 4.69) is 5.32 Å². The molecule has 0 unspecified atom stereocenters. The molecule has 0 atom stereocenters. The summed E-state index contributed by atoms with van der Waals surface area (Å²) in [5.74, 6) is 0. The van der Waals surface area contributed by atoms with Crippen molar-refractivity contribution in [3.8, 4) is 0 Å². The maximum absolute atomic E-state index is 10.8. The molecule has 76 valence electrons. The zero-order valence-electron chi connectivity index (χ0n) is 8.23. The van der Waals surface area contributed by atoms with Gasteiger partial charge in [0.15, 0.2) is 0 Å². The summed E-state index contributed by atoms with van der Waals surface area (Å²) in [5.41, 5.74) is 7.12. The molecule has 3 N–H and O–H groups in total. The minimum atomic E-state index is 0.657. The van der Waals surface area contributed by atoms with E-state index in [1.807, 2.05) is 19.2 Å². The molecule has 0 bridgehead atoms. The average Bonchev–Trinajstić information content (AvgIpc) is 2.21. The van der Waals surface area contributed by atoms with Crippen molar-refractivity contribution in [2.45, 2.75) is 0 Å². The van der Waals surface area contributed by atoms with Gasteiger partial charge in [0.05, 0.1) is 0 Å². The van der Waals surface area contributed by atoms with Crippen molar-refractivity contribution >= 4 is 17.8 Å². The van der Waals surface area contributed by atoms with Gasteiger partial charge in [0.1, 0.15) is 0 Å². The Kier molecular flexibility index (Phi) is 3.94. The Morgan fingerprint density at radius 2 is 2.07 bits per heavy atom. The Hall–Kier alpha value is -1.55. The van der Waals surface area contributed by atoms with Crippen LogP contribution < -0.4 is 16.0 Å². The molecule has 14 heavy (non-hydrogen) atoms. The predicted molar refractivity (Wildman–Crippen MR) is 58.2 cm³/mol. The third kappa shape index (κ3) is 2.74. The van der Waals surface area contributed by atoms with E-state index in [4.69, 9.17) is 5.73 Å². The number of likely N-dealkylation sites (N-methyl/N-ethyl adjacent to an activating group) is 1. The van der Waals surface area contributed by atoms with Gasteiger partial charge in [0.2, 0.25) is 6.41 Å². The molecule has 4 heteroatoms. The number of hydrogen-bond donors (Lipinski definition) is 2. The lowest BCUT2D eigenvalue weighted by Gasteiger charge is -2.17. The van der Waals surface area contributed by atoms with Crippen LogP contribution in [0.1, 0.15) is 0 Å². The number of carbonyl (C=O) groups is 1. The van der Waals surface area contributed by atoms with Gasteiger partial charge < -0.3 is 16.0 Å². The van der Waals surface area contributed by atoms with Crippen LogP contribution in [-0.2, 0) is 4.79 Å². The lowest BCUT2D eigenvalue weighted by atomic mass is 10.2. The van der Waals surface area contributed by atoms with E-state index in [0.29, 0.717) is 12.2 Å². The van der Waals surface area contributed by atoms with Crippen LogP contribution in [-0.4, -0.2) is 26.5 Å². The minimum absolute atomic E-state index is 0.657. The molecule has 1 rings (SSSR count). The third-order valence-corrected chi connectivity index (χ3v) is 1.95. The van der Waals surface area contributed by atoms with E-state index in [9.17, 15) is 4.79 Å². The van der Waals surface area contributed by atoms with E-state index < -0.39 is 0 Å². The van der Waals surface area contributed by atoms with Crippen LogP contribution in [0.25, 0.3) is 0 Å². The van der Waals surface area contributed by atoms with Gasteiger partial charge in [0.25, 0.3) is 0 Å². The van der Waals surface area contributed by atoms with Crippen molar-refractivity contribution in [2.75, 3.05) is 30.8 Å². The molecule has 0 aliphatic rings. The van der Waals surface area contributed by atoms with Gasteiger partial charge in [-0.25, -0.2) is 0 Å². The van der Waals surface area contributed by atoms with Crippen LogP contribution >= 0.6 is 0 Å². The summed E-state index contributed by atoms with van der Waals surface area (Å²) in [5, 5.41) is 2.99. The Morgan fingerprint density at radius 3 is 2.57 bits per heavy atom. The smallest absolute Gasteiger partial charge is 0.214 e. The van der Waals surface area contributed by atoms with Crippen LogP contribution in [0.15, 0.2) is 24.3 Å². The van der Waals surface area contributed by atoms with Crippen molar-refractivity contribution < 1.29 is 4.79 Å². The number of carbonyl (C=O) groups excluding carboxylic acids is 1. The second kappa shape index (κ2) is 5.24. The average molecular weight is 193 g/mol. The fourth-order valence-electron chi connectivity index (χ4n) is 1.14. The number of nitrogens with two attached hydrogens (primary N) is 1. The standard InChI is InChI=1S/C10H15N3O/c1-12-6-7-13(8-14)10-4-2-9(11)3-5-10/h2-5,8,12H,6-7,11H2,1H3. The number of benzene rings is 1. The first kappa shape index (κ1) is 10.5. The molecule has 0 heterocycles. The molecule has 0 saturated carbocycles. The molecule has 4 nitrogen and oxygen atoms in total.